The van der Waals surface area contributed by atoms with Gasteiger partial charge in [0, 0.05) is 19.3 Å². The zero-order chi connectivity index (χ0) is 9.53. The predicted octanol–water partition coefficient (Wildman–Crippen LogP) is 1.89. The van der Waals surface area contributed by atoms with E-state index < -0.39 is 24.3 Å². The summed E-state index contributed by atoms with van der Waals surface area (Å²) >= 11 is 0. The SMILES string of the molecule is FC1CC2(CCC1(F)F)OCCO2. The van der Waals surface area contributed by atoms with E-state index in [4.69, 9.17) is 9.47 Å². The van der Waals surface area contributed by atoms with Gasteiger partial charge in [-0.05, 0) is 0 Å². The fourth-order valence-corrected chi connectivity index (χ4v) is 1.80. The number of halogens is 3. The van der Waals surface area contributed by atoms with Gasteiger partial charge in [-0.1, -0.05) is 0 Å². The van der Waals surface area contributed by atoms with E-state index in [1.54, 1.807) is 0 Å². The Balaban J connectivity index is 2.06. The van der Waals surface area contributed by atoms with Crippen molar-refractivity contribution in [2.45, 2.75) is 37.1 Å². The predicted molar refractivity (Wildman–Crippen MR) is 38.3 cm³/mol. The second-order valence-corrected chi connectivity index (χ2v) is 3.54. The fraction of sp³-hybridized carbons (Fsp3) is 1.00. The molecule has 76 valence electrons. The summed E-state index contributed by atoms with van der Waals surface area (Å²) in [5.74, 6) is -4.26. The Morgan fingerprint density at radius 2 is 1.69 bits per heavy atom. The van der Waals surface area contributed by atoms with Crippen LogP contribution in [0.25, 0.3) is 0 Å². The third-order valence-corrected chi connectivity index (χ3v) is 2.60. The van der Waals surface area contributed by atoms with E-state index in [0.29, 0.717) is 13.2 Å². The molecule has 2 aliphatic rings. The average Bonchev–Trinajstić information content (AvgIpc) is 2.48. The molecule has 1 saturated heterocycles. The van der Waals surface area contributed by atoms with Crippen molar-refractivity contribution in [3.05, 3.63) is 0 Å². The molecule has 13 heavy (non-hydrogen) atoms. The molecule has 1 atom stereocenters. The molecular weight excluding hydrogens is 185 g/mol. The van der Waals surface area contributed by atoms with Gasteiger partial charge in [0.15, 0.2) is 12.0 Å². The number of alkyl halides is 3. The number of hydrogen-bond acceptors (Lipinski definition) is 2. The van der Waals surface area contributed by atoms with Crippen LogP contribution in [0, 0.1) is 0 Å². The Kier molecular flexibility index (Phi) is 2.03. The van der Waals surface area contributed by atoms with Crippen molar-refractivity contribution in [1.29, 1.82) is 0 Å². The lowest BCUT2D eigenvalue weighted by Crippen LogP contribution is -2.47. The summed E-state index contributed by atoms with van der Waals surface area (Å²) in [6.07, 6.45) is -2.89. The third-order valence-electron chi connectivity index (χ3n) is 2.60. The number of ether oxygens (including phenoxy) is 2. The largest absolute Gasteiger partial charge is 0.347 e. The molecule has 0 N–H and O–H groups in total. The standard InChI is InChI=1S/C8H11F3O2/c9-6-5-7(12-3-4-13-7)1-2-8(6,10)11/h6H,1-5H2. The molecule has 0 radical (unpaired) electrons. The smallest absolute Gasteiger partial charge is 0.279 e. The molecule has 1 aliphatic heterocycles. The lowest BCUT2D eigenvalue weighted by molar-refractivity contribution is -0.234. The Hall–Kier alpha value is -0.290. The van der Waals surface area contributed by atoms with Gasteiger partial charge in [0.25, 0.3) is 5.92 Å². The summed E-state index contributed by atoms with van der Waals surface area (Å²) < 4.78 is 48.7. The molecule has 0 aromatic rings. The van der Waals surface area contributed by atoms with Crippen molar-refractivity contribution in [3.8, 4) is 0 Å². The van der Waals surface area contributed by atoms with Crippen LogP contribution in [0.3, 0.4) is 0 Å². The van der Waals surface area contributed by atoms with Gasteiger partial charge < -0.3 is 9.47 Å². The van der Waals surface area contributed by atoms with Crippen LogP contribution in [0.15, 0.2) is 0 Å². The molecule has 1 spiro atoms. The van der Waals surface area contributed by atoms with Gasteiger partial charge >= 0.3 is 0 Å². The van der Waals surface area contributed by atoms with Crippen molar-refractivity contribution < 1.29 is 22.6 Å². The monoisotopic (exact) mass is 196 g/mol. The van der Waals surface area contributed by atoms with E-state index in [1.165, 1.54) is 0 Å². The Bertz CT molecular complexity index is 202. The summed E-state index contributed by atoms with van der Waals surface area (Å²) in [5.41, 5.74) is 0. The first kappa shape index (κ1) is 9.27. The van der Waals surface area contributed by atoms with Crippen LogP contribution in [0.1, 0.15) is 19.3 Å². The van der Waals surface area contributed by atoms with E-state index in [2.05, 4.69) is 0 Å². The quantitative estimate of drug-likeness (QED) is 0.589. The maximum Gasteiger partial charge on any atom is 0.279 e. The van der Waals surface area contributed by atoms with E-state index in [-0.39, 0.29) is 12.8 Å². The summed E-state index contributed by atoms with van der Waals surface area (Å²) in [7, 11) is 0. The molecule has 0 amide bonds. The minimum atomic E-state index is -3.21. The van der Waals surface area contributed by atoms with Crippen LogP contribution in [0.2, 0.25) is 0 Å². The Morgan fingerprint density at radius 1 is 1.08 bits per heavy atom. The summed E-state index contributed by atoms with van der Waals surface area (Å²) in [6.45, 7) is 0.747. The first-order valence-electron chi connectivity index (χ1n) is 4.34. The van der Waals surface area contributed by atoms with Gasteiger partial charge in [0.2, 0.25) is 0 Å². The molecule has 1 heterocycles. The average molecular weight is 196 g/mol. The van der Waals surface area contributed by atoms with Gasteiger partial charge in [-0.2, -0.15) is 0 Å². The van der Waals surface area contributed by atoms with Crippen LogP contribution in [-0.2, 0) is 9.47 Å². The van der Waals surface area contributed by atoms with Gasteiger partial charge in [-0.15, -0.1) is 0 Å². The van der Waals surface area contributed by atoms with Crippen LogP contribution < -0.4 is 0 Å². The molecule has 5 heteroatoms. The zero-order valence-electron chi connectivity index (χ0n) is 7.06. The summed E-state index contributed by atoms with van der Waals surface area (Å²) in [5, 5.41) is 0. The lowest BCUT2D eigenvalue weighted by Gasteiger charge is -2.37. The topological polar surface area (TPSA) is 18.5 Å². The molecule has 2 fully saturated rings. The molecule has 0 aromatic heterocycles. The van der Waals surface area contributed by atoms with Crippen LogP contribution in [0.4, 0.5) is 13.2 Å². The van der Waals surface area contributed by atoms with Crippen LogP contribution in [-0.4, -0.2) is 31.1 Å². The van der Waals surface area contributed by atoms with Crippen molar-refractivity contribution in [2.75, 3.05) is 13.2 Å². The number of hydrogen-bond donors (Lipinski definition) is 0. The second-order valence-electron chi connectivity index (χ2n) is 3.54. The minimum absolute atomic E-state index is 0.0837. The normalized spacial score (nSPS) is 36.7. The first-order chi connectivity index (χ1) is 6.04. The molecule has 2 rings (SSSR count). The summed E-state index contributed by atoms with van der Waals surface area (Å²) in [4.78, 5) is 0. The molecular formula is C8H11F3O2. The van der Waals surface area contributed by atoms with Gasteiger partial charge in [-0.3, -0.25) is 0 Å². The van der Waals surface area contributed by atoms with Crippen molar-refractivity contribution in [1.82, 2.24) is 0 Å². The Labute approximate surface area is 74.0 Å². The van der Waals surface area contributed by atoms with Gasteiger partial charge in [0.1, 0.15) is 0 Å². The third kappa shape index (κ3) is 1.55. The first-order valence-corrected chi connectivity index (χ1v) is 4.34. The van der Waals surface area contributed by atoms with Crippen molar-refractivity contribution in [2.24, 2.45) is 0 Å². The van der Waals surface area contributed by atoms with Crippen LogP contribution in [0.5, 0.6) is 0 Å². The van der Waals surface area contributed by atoms with Gasteiger partial charge in [-0.25, -0.2) is 13.2 Å². The second kappa shape index (κ2) is 2.85. The highest BCUT2D eigenvalue weighted by atomic mass is 19.3. The van der Waals surface area contributed by atoms with Crippen molar-refractivity contribution >= 4 is 0 Å². The van der Waals surface area contributed by atoms with Crippen LogP contribution >= 0.6 is 0 Å². The van der Waals surface area contributed by atoms with E-state index >= 15 is 0 Å². The van der Waals surface area contributed by atoms with E-state index in [0.717, 1.165) is 0 Å². The summed E-state index contributed by atoms with van der Waals surface area (Å²) in [6, 6.07) is 0. The Morgan fingerprint density at radius 3 is 2.23 bits per heavy atom. The minimum Gasteiger partial charge on any atom is -0.347 e. The molecule has 1 saturated carbocycles. The van der Waals surface area contributed by atoms with E-state index in [1.807, 2.05) is 0 Å². The number of rotatable bonds is 0. The molecule has 0 aromatic carbocycles. The maximum atomic E-state index is 12.9. The highest BCUT2D eigenvalue weighted by Gasteiger charge is 2.53. The zero-order valence-corrected chi connectivity index (χ0v) is 7.06. The maximum absolute atomic E-state index is 12.9. The molecule has 0 bridgehead atoms. The highest BCUT2D eigenvalue weighted by Crippen LogP contribution is 2.44. The fourth-order valence-electron chi connectivity index (χ4n) is 1.80. The van der Waals surface area contributed by atoms with E-state index in [9.17, 15) is 13.2 Å². The van der Waals surface area contributed by atoms with Crippen molar-refractivity contribution in [3.63, 3.8) is 0 Å². The lowest BCUT2D eigenvalue weighted by atomic mass is 9.89. The van der Waals surface area contributed by atoms with Gasteiger partial charge in [0.05, 0.1) is 13.2 Å². The molecule has 1 aliphatic carbocycles. The highest BCUT2D eigenvalue weighted by molar-refractivity contribution is 4.92. The molecule has 1 unspecified atom stereocenters. The molecule has 2 nitrogen and oxygen atoms in total.